The molecule has 2 aromatic carbocycles. The van der Waals surface area contributed by atoms with E-state index in [0.29, 0.717) is 17.3 Å². The number of aliphatic imine (C=N–C) groups is 1. The summed E-state index contributed by atoms with van der Waals surface area (Å²) in [6.07, 6.45) is 1.76. The Morgan fingerprint density at radius 3 is 2.50 bits per heavy atom. The highest BCUT2D eigenvalue weighted by atomic mass is 35.5. The van der Waals surface area contributed by atoms with Gasteiger partial charge in [0.15, 0.2) is 0 Å². The normalized spacial score (nSPS) is 11.0. The van der Waals surface area contributed by atoms with E-state index >= 15 is 0 Å². The number of benzene rings is 2. The molecule has 1 amide bonds. The van der Waals surface area contributed by atoms with Crippen LogP contribution in [0.5, 0.6) is 0 Å². The Morgan fingerprint density at radius 1 is 1.19 bits per heavy atom. The number of carbonyl (C=O) groups is 1. The largest absolute Gasteiger partial charge is 0.366 e. The highest BCUT2D eigenvalue weighted by Crippen LogP contribution is 2.34. The molecule has 0 aliphatic carbocycles. The minimum absolute atomic E-state index is 0.0191. The maximum Gasteiger partial charge on any atom is 0.224 e. The van der Waals surface area contributed by atoms with Crippen LogP contribution in [0.2, 0.25) is 5.02 Å². The SMILES string of the molecule is CCN(C)C=Nc1cc(C)c(N(Cc2ccccc2C)C(C)=O)cc1Cl. The summed E-state index contributed by atoms with van der Waals surface area (Å²) in [7, 11) is 1.96. The second-order valence-electron chi connectivity index (χ2n) is 6.44. The summed E-state index contributed by atoms with van der Waals surface area (Å²) in [4.78, 5) is 20.5. The highest BCUT2D eigenvalue weighted by Gasteiger charge is 2.17. The van der Waals surface area contributed by atoms with Crippen molar-refractivity contribution in [3.63, 3.8) is 0 Å². The molecule has 0 aromatic heterocycles. The fourth-order valence-electron chi connectivity index (χ4n) is 2.61. The van der Waals surface area contributed by atoms with Gasteiger partial charge in [0.2, 0.25) is 5.91 Å². The standard InChI is InChI=1S/C21H26ClN3O/c1-6-24(5)14-23-20-11-16(3)21(12-19(20)22)25(17(4)26)13-18-10-8-7-9-15(18)2/h7-12,14H,6,13H2,1-5H3. The maximum absolute atomic E-state index is 12.3. The maximum atomic E-state index is 12.3. The van der Waals surface area contributed by atoms with Gasteiger partial charge in [-0.25, -0.2) is 4.99 Å². The number of amides is 1. The number of halogens is 1. The quantitative estimate of drug-likeness (QED) is 0.521. The lowest BCUT2D eigenvalue weighted by Crippen LogP contribution is -2.28. The first-order valence-electron chi connectivity index (χ1n) is 8.70. The van der Waals surface area contributed by atoms with Crippen LogP contribution in [0.1, 0.15) is 30.5 Å². The molecule has 26 heavy (non-hydrogen) atoms. The lowest BCUT2D eigenvalue weighted by Gasteiger charge is -2.25. The molecule has 0 N–H and O–H groups in total. The van der Waals surface area contributed by atoms with Crippen LogP contribution in [-0.2, 0) is 11.3 Å². The van der Waals surface area contributed by atoms with Crippen molar-refractivity contribution in [3.8, 4) is 0 Å². The number of hydrogen-bond acceptors (Lipinski definition) is 2. The van der Waals surface area contributed by atoms with Crippen molar-refractivity contribution in [3.05, 3.63) is 58.1 Å². The van der Waals surface area contributed by atoms with E-state index in [9.17, 15) is 4.79 Å². The zero-order valence-electron chi connectivity index (χ0n) is 16.1. The molecule has 2 rings (SSSR count). The van der Waals surface area contributed by atoms with Crippen molar-refractivity contribution < 1.29 is 4.79 Å². The molecule has 0 unspecified atom stereocenters. The Labute approximate surface area is 161 Å². The number of aryl methyl sites for hydroxylation is 2. The van der Waals surface area contributed by atoms with Crippen LogP contribution in [-0.4, -0.2) is 30.7 Å². The number of nitrogens with zero attached hydrogens (tertiary/aromatic N) is 3. The van der Waals surface area contributed by atoms with E-state index in [1.807, 2.05) is 49.2 Å². The summed E-state index contributed by atoms with van der Waals surface area (Å²) in [5.41, 5.74) is 4.75. The predicted molar refractivity (Wildman–Crippen MR) is 111 cm³/mol. The van der Waals surface area contributed by atoms with Crippen molar-refractivity contribution in [1.82, 2.24) is 4.90 Å². The molecule has 0 saturated carbocycles. The fourth-order valence-corrected chi connectivity index (χ4v) is 2.82. The molecule has 0 heterocycles. The molecule has 5 heteroatoms. The third-order valence-electron chi connectivity index (χ3n) is 4.42. The first-order chi connectivity index (χ1) is 12.3. The third kappa shape index (κ3) is 4.85. The van der Waals surface area contributed by atoms with Gasteiger partial charge >= 0.3 is 0 Å². The zero-order valence-corrected chi connectivity index (χ0v) is 16.8. The van der Waals surface area contributed by atoms with E-state index in [1.54, 1.807) is 18.2 Å². The number of rotatable bonds is 6. The van der Waals surface area contributed by atoms with Gasteiger partial charge in [0.05, 0.1) is 23.6 Å². The summed E-state index contributed by atoms with van der Waals surface area (Å²) in [6.45, 7) is 9.04. The molecule has 0 bridgehead atoms. The lowest BCUT2D eigenvalue weighted by atomic mass is 10.1. The van der Waals surface area contributed by atoms with Gasteiger partial charge in [0.1, 0.15) is 0 Å². The summed E-state index contributed by atoms with van der Waals surface area (Å²) in [6, 6.07) is 11.8. The summed E-state index contributed by atoms with van der Waals surface area (Å²) < 4.78 is 0. The Morgan fingerprint density at radius 2 is 1.88 bits per heavy atom. The van der Waals surface area contributed by atoms with E-state index in [1.165, 1.54) is 0 Å². The molecule has 0 aliphatic heterocycles. The molecule has 2 aromatic rings. The van der Waals surface area contributed by atoms with Crippen LogP contribution in [0.25, 0.3) is 0 Å². The van der Waals surface area contributed by atoms with Gasteiger partial charge in [0.25, 0.3) is 0 Å². The smallest absolute Gasteiger partial charge is 0.224 e. The van der Waals surface area contributed by atoms with Crippen molar-refractivity contribution in [1.29, 1.82) is 0 Å². The van der Waals surface area contributed by atoms with Crippen LogP contribution in [0.3, 0.4) is 0 Å². The van der Waals surface area contributed by atoms with Crippen molar-refractivity contribution in [2.75, 3.05) is 18.5 Å². The Bertz CT molecular complexity index is 817. The minimum Gasteiger partial charge on any atom is -0.366 e. The first kappa shape index (κ1) is 20.0. The van der Waals surface area contributed by atoms with Crippen LogP contribution < -0.4 is 4.90 Å². The topological polar surface area (TPSA) is 35.9 Å². The fraction of sp³-hybridized carbons (Fsp3) is 0.333. The predicted octanol–water partition coefficient (Wildman–Crippen LogP) is 5.12. The molecule has 0 radical (unpaired) electrons. The second-order valence-corrected chi connectivity index (χ2v) is 6.85. The summed E-state index contributed by atoms with van der Waals surface area (Å²) in [5.74, 6) is -0.0191. The second kappa shape index (κ2) is 8.86. The van der Waals surface area contributed by atoms with E-state index in [0.717, 1.165) is 28.9 Å². The van der Waals surface area contributed by atoms with Gasteiger partial charge in [-0.1, -0.05) is 35.9 Å². The molecule has 0 atom stereocenters. The number of anilines is 1. The van der Waals surface area contributed by atoms with E-state index in [-0.39, 0.29) is 5.91 Å². The number of carbonyl (C=O) groups excluding carboxylic acids is 1. The van der Waals surface area contributed by atoms with E-state index < -0.39 is 0 Å². The molecule has 0 aliphatic rings. The van der Waals surface area contributed by atoms with Crippen LogP contribution >= 0.6 is 11.6 Å². The van der Waals surface area contributed by atoms with Gasteiger partial charge in [-0.15, -0.1) is 0 Å². The molecular formula is C21H26ClN3O. The molecule has 4 nitrogen and oxygen atoms in total. The van der Waals surface area contributed by atoms with Crippen LogP contribution in [0.15, 0.2) is 41.4 Å². The molecular weight excluding hydrogens is 346 g/mol. The van der Waals surface area contributed by atoms with Crippen LogP contribution in [0, 0.1) is 13.8 Å². The minimum atomic E-state index is -0.0191. The number of hydrogen-bond donors (Lipinski definition) is 0. The average molecular weight is 372 g/mol. The molecule has 0 saturated heterocycles. The zero-order chi connectivity index (χ0) is 19.3. The molecule has 0 fully saturated rings. The van der Waals surface area contributed by atoms with Gasteiger partial charge in [-0.05, 0) is 49.6 Å². The van der Waals surface area contributed by atoms with Gasteiger partial charge < -0.3 is 9.80 Å². The lowest BCUT2D eigenvalue weighted by molar-refractivity contribution is -0.116. The summed E-state index contributed by atoms with van der Waals surface area (Å²) in [5, 5.41) is 0.530. The Hall–Kier alpha value is -2.33. The monoisotopic (exact) mass is 371 g/mol. The van der Waals surface area contributed by atoms with Crippen molar-refractivity contribution >= 4 is 35.2 Å². The van der Waals surface area contributed by atoms with Crippen LogP contribution in [0.4, 0.5) is 11.4 Å². The average Bonchev–Trinajstić information content (AvgIpc) is 2.61. The van der Waals surface area contributed by atoms with Crippen molar-refractivity contribution in [2.24, 2.45) is 4.99 Å². The van der Waals surface area contributed by atoms with Crippen molar-refractivity contribution in [2.45, 2.75) is 34.2 Å². The Kier molecular flexibility index (Phi) is 6.81. The first-order valence-corrected chi connectivity index (χ1v) is 9.08. The van der Waals surface area contributed by atoms with E-state index in [2.05, 4.69) is 24.9 Å². The highest BCUT2D eigenvalue weighted by molar-refractivity contribution is 6.33. The third-order valence-corrected chi connectivity index (χ3v) is 4.72. The summed E-state index contributed by atoms with van der Waals surface area (Å²) >= 11 is 6.44. The Balaban J connectivity index is 2.38. The van der Waals surface area contributed by atoms with Gasteiger partial charge in [0, 0.05) is 26.2 Å². The van der Waals surface area contributed by atoms with E-state index in [4.69, 9.17) is 11.6 Å². The molecule has 0 spiro atoms. The van der Waals surface area contributed by atoms with Gasteiger partial charge in [-0.2, -0.15) is 0 Å². The van der Waals surface area contributed by atoms with Gasteiger partial charge in [-0.3, -0.25) is 4.79 Å². The molecule has 138 valence electrons.